The number of rotatable bonds is 7. The Morgan fingerprint density at radius 1 is 1.42 bits per heavy atom. The summed E-state index contributed by atoms with van der Waals surface area (Å²) in [6.45, 7) is 10.1. The molecule has 2 atom stereocenters. The van der Waals surface area contributed by atoms with Crippen LogP contribution < -0.4 is 5.32 Å². The summed E-state index contributed by atoms with van der Waals surface area (Å²) in [5.41, 5.74) is 0.0308. The first-order chi connectivity index (χ1) is 9.06. The molecule has 4 heteroatoms. The Morgan fingerprint density at radius 3 is 2.68 bits per heavy atom. The molecule has 19 heavy (non-hydrogen) atoms. The van der Waals surface area contributed by atoms with E-state index in [4.69, 9.17) is 9.47 Å². The van der Waals surface area contributed by atoms with E-state index in [2.05, 4.69) is 19.2 Å². The molecule has 0 spiro atoms. The highest BCUT2D eigenvalue weighted by atomic mass is 16.5. The van der Waals surface area contributed by atoms with E-state index in [0.29, 0.717) is 19.2 Å². The predicted molar refractivity (Wildman–Crippen MR) is 76.1 cm³/mol. The number of ether oxygens (including phenoxy) is 2. The number of hydrogen-bond acceptors (Lipinski definition) is 4. The van der Waals surface area contributed by atoms with Gasteiger partial charge in [-0.3, -0.25) is 4.79 Å². The molecule has 1 saturated heterocycles. The van der Waals surface area contributed by atoms with E-state index in [1.54, 1.807) is 0 Å². The van der Waals surface area contributed by atoms with E-state index in [9.17, 15) is 4.79 Å². The van der Waals surface area contributed by atoms with Gasteiger partial charge in [0.2, 0.25) is 0 Å². The Bertz CT molecular complexity index is 277. The van der Waals surface area contributed by atoms with Crippen molar-refractivity contribution in [1.29, 1.82) is 0 Å². The van der Waals surface area contributed by atoms with Crippen LogP contribution in [-0.2, 0) is 14.3 Å². The first-order valence-corrected chi connectivity index (χ1v) is 7.60. The Labute approximate surface area is 117 Å². The van der Waals surface area contributed by atoms with Crippen LogP contribution in [0.1, 0.15) is 53.4 Å². The Hall–Kier alpha value is -0.610. The van der Waals surface area contributed by atoms with Gasteiger partial charge in [0.1, 0.15) is 0 Å². The van der Waals surface area contributed by atoms with Crippen LogP contribution in [0.3, 0.4) is 0 Å². The van der Waals surface area contributed by atoms with Crippen LogP contribution in [0.5, 0.6) is 0 Å². The van der Waals surface area contributed by atoms with E-state index in [0.717, 1.165) is 32.3 Å². The van der Waals surface area contributed by atoms with Gasteiger partial charge in [-0.2, -0.15) is 0 Å². The second-order valence-corrected chi connectivity index (χ2v) is 5.49. The molecule has 0 amide bonds. The Balaban J connectivity index is 2.38. The highest BCUT2D eigenvalue weighted by Crippen LogP contribution is 2.31. The van der Waals surface area contributed by atoms with Gasteiger partial charge in [0.25, 0.3) is 0 Å². The standard InChI is InChI=1S/C15H29NO3/c1-5-15(6-2)10-13(8-9-19-15)16-11-12(4)14(17)18-7-3/h12-13,16H,5-11H2,1-4H3. The zero-order valence-corrected chi connectivity index (χ0v) is 12.8. The maximum absolute atomic E-state index is 11.6. The van der Waals surface area contributed by atoms with Crippen molar-refractivity contribution in [2.45, 2.75) is 65.0 Å². The molecule has 0 aromatic heterocycles. The highest BCUT2D eigenvalue weighted by Gasteiger charge is 2.34. The third kappa shape index (κ3) is 4.77. The van der Waals surface area contributed by atoms with Gasteiger partial charge in [0, 0.05) is 19.2 Å². The molecular weight excluding hydrogens is 242 g/mol. The van der Waals surface area contributed by atoms with Crippen molar-refractivity contribution in [1.82, 2.24) is 5.32 Å². The SMILES string of the molecule is CCOC(=O)C(C)CNC1CCOC(CC)(CC)C1. The third-order valence-electron chi connectivity index (χ3n) is 4.18. The lowest BCUT2D eigenvalue weighted by Gasteiger charge is -2.40. The van der Waals surface area contributed by atoms with Crippen LogP contribution in [0.2, 0.25) is 0 Å². The number of hydrogen-bond donors (Lipinski definition) is 1. The maximum atomic E-state index is 11.6. The molecule has 1 aliphatic rings. The molecule has 2 unspecified atom stereocenters. The van der Waals surface area contributed by atoms with Gasteiger partial charge in [-0.05, 0) is 32.6 Å². The zero-order chi connectivity index (χ0) is 14.3. The summed E-state index contributed by atoms with van der Waals surface area (Å²) < 4.78 is 11.0. The summed E-state index contributed by atoms with van der Waals surface area (Å²) in [4.78, 5) is 11.6. The molecule has 1 heterocycles. The molecule has 1 rings (SSSR count). The molecule has 4 nitrogen and oxygen atoms in total. The molecular formula is C15H29NO3. The molecule has 0 aromatic carbocycles. The minimum atomic E-state index is -0.112. The molecule has 0 radical (unpaired) electrons. The average Bonchev–Trinajstić information content (AvgIpc) is 2.45. The van der Waals surface area contributed by atoms with Crippen molar-refractivity contribution < 1.29 is 14.3 Å². The monoisotopic (exact) mass is 271 g/mol. The Kier molecular flexibility index (Phi) is 6.80. The summed E-state index contributed by atoms with van der Waals surface area (Å²) in [5.74, 6) is -0.195. The largest absolute Gasteiger partial charge is 0.466 e. The number of esters is 1. The second-order valence-electron chi connectivity index (χ2n) is 5.49. The van der Waals surface area contributed by atoms with Crippen LogP contribution in [0.15, 0.2) is 0 Å². The molecule has 0 bridgehead atoms. The van der Waals surface area contributed by atoms with Crippen LogP contribution in [0, 0.1) is 5.92 Å². The van der Waals surface area contributed by atoms with E-state index < -0.39 is 0 Å². The first-order valence-electron chi connectivity index (χ1n) is 7.60. The molecule has 0 aliphatic carbocycles. The van der Waals surface area contributed by atoms with E-state index >= 15 is 0 Å². The average molecular weight is 271 g/mol. The normalized spacial score (nSPS) is 23.9. The first kappa shape index (κ1) is 16.4. The highest BCUT2D eigenvalue weighted by molar-refractivity contribution is 5.72. The number of nitrogens with one attached hydrogen (secondary N) is 1. The summed E-state index contributed by atoms with van der Waals surface area (Å²) in [6, 6.07) is 0.450. The number of carbonyl (C=O) groups is 1. The third-order valence-corrected chi connectivity index (χ3v) is 4.18. The van der Waals surface area contributed by atoms with Gasteiger partial charge in [0.15, 0.2) is 0 Å². The van der Waals surface area contributed by atoms with Gasteiger partial charge in [-0.15, -0.1) is 0 Å². The summed E-state index contributed by atoms with van der Waals surface area (Å²) in [6.07, 6.45) is 4.16. The molecule has 112 valence electrons. The maximum Gasteiger partial charge on any atom is 0.309 e. The van der Waals surface area contributed by atoms with Crippen molar-refractivity contribution >= 4 is 5.97 Å². The lowest BCUT2D eigenvalue weighted by molar-refractivity contribution is -0.147. The molecule has 1 N–H and O–H groups in total. The molecule has 0 aromatic rings. The summed E-state index contributed by atoms with van der Waals surface area (Å²) in [7, 11) is 0. The fourth-order valence-electron chi connectivity index (χ4n) is 2.66. The lowest BCUT2D eigenvalue weighted by Crippen LogP contribution is -2.47. The smallest absolute Gasteiger partial charge is 0.309 e. The van der Waals surface area contributed by atoms with Gasteiger partial charge in [-0.1, -0.05) is 20.8 Å². The fourth-order valence-corrected chi connectivity index (χ4v) is 2.66. The van der Waals surface area contributed by atoms with E-state index in [1.165, 1.54) is 0 Å². The van der Waals surface area contributed by atoms with Crippen LogP contribution in [-0.4, -0.2) is 37.4 Å². The van der Waals surface area contributed by atoms with Gasteiger partial charge in [0.05, 0.1) is 18.1 Å². The van der Waals surface area contributed by atoms with Crippen molar-refractivity contribution in [3.63, 3.8) is 0 Å². The quantitative estimate of drug-likeness (QED) is 0.723. The lowest BCUT2D eigenvalue weighted by atomic mass is 9.86. The van der Waals surface area contributed by atoms with Crippen molar-refractivity contribution in [3.8, 4) is 0 Å². The van der Waals surface area contributed by atoms with E-state index in [1.807, 2.05) is 13.8 Å². The van der Waals surface area contributed by atoms with Crippen LogP contribution >= 0.6 is 0 Å². The van der Waals surface area contributed by atoms with Gasteiger partial charge < -0.3 is 14.8 Å². The van der Waals surface area contributed by atoms with Crippen molar-refractivity contribution in [2.24, 2.45) is 5.92 Å². The van der Waals surface area contributed by atoms with Gasteiger partial charge >= 0.3 is 5.97 Å². The van der Waals surface area contributed by atoms with Gasteiger partial charge in [-0.25, -0.2) is 0 Å². The minimum absolute atomic E-state index is 0.0308. The fraction of sp³-hybridized carbons (Fsp3) is 0.933. The second kappa shape index (κ2) is 7.85. The molecule has 1 aliphatic heterocycles. The number of carbonyl (C=O) groups excluding carboxylic acids is 1. The molecule has 0 saturated carbocycles. The van der Waals surface area contributed by atoms with E-state index in [-0.39, 0.29) is 17.5 Å². The topological polar surface area (TPSA) is 47.6 Å². The van der Waals surface area contributed by atoms with Crippen molar-refractivity contribution in [3.05, 3.63) is 0 Å². The summed E-state index contributed by atoms with van der Waals surface area (Å²) >= 11 is 0. The zero-order valence-electron chi connectivity index (χ0n) is 12.8. The van der Waals surface area contributed by atoms with Crippen LogP contribution in [0.4, 0.5) is 0 Å². The predicted octanol–water partition coefficient (Wildman–Crippen LogP) is 2.51. The van der Waals surface area contributed by atoms with Crippen LogP contribution in [0.25, 0.3) is 0 Å². The van der Waals surface area contributed by atoms with Crippen molar-refractivity contribution in [2.75, 3.05) is 19.8 Å². The summed E-state index contributed by atoms with van der Waals surface area (Å²) in [5, 5.41) is 3.50. The molecule has 1 fully saturated rings. The Morgan fingerprint density at radius 2 is 2.11 bits per heavy atom. The minimum Gasteiger partial charge on any atom is -0.466 e.